The van der Waals surface area contributed by atoms with Crippen LogP contribution in [-0.2, 0) is 27.9 Å². The van der Waals surface area contributed by atoms with Crippen LogP contribution in [0, 0.1) is 0 Å². The Labute approximate surface area is 539 Å². The number of carbonyl (C=O) groups is 2. The van der Waals surface area contributed by atoms with Gasteiger partial charge in [0.15, 0.2) is 0 Å². The van der Waals surface area contributed by atoms with Gasteiger partial charge in [0.2, 0.25) is 5.91 Å². The third-order valence-corrected chi connectivity index (χ3v) is 17.3. The van der Waals surface area contributed by atoms with Crippen molar-refractivity contribution in [3.8, 4) is 0 Å². The van der Waals surface area contributed by atoms with Crippen LogP contribution in [0.5, 0.6) is 0 Å². The maximum Gasteiger partial charge on any atom is 0.306 e. The Kier molecular flexibility index (Phi) is 64.0. The summed E-state index contributed by atoms with van der Waals surface area (Å²) in [6.07, 6.45) is 88.5. The number of hydrogen-bond acceptors (Lipinski definition) is 7. The fourth-order valence-electron chi connectivity index (χ4n) is 10.6. The van der Waals surface area contributed by atoms with Crippen molar-refractivity contribution >= 4 is 19.7 Å². The molecule has 0 aromatic carbocycles. The van der Waals surface area contributed by atoms with Crippen molar-refractivity contribution in [3.05, 3.63) is 85.1 Å². The minimum absolute atomic E-state index is 0.0266. The number of quaternary nitrogens is 1. The van der Waals surface area contributed by atoms with Crippen molar-refractivity contribution in [2.24, 2.45) is 0 Å². The van der Waals surface area contributed by atoms with E-state index in [4.69, 9.17) is 13.8 Å². The van der Waals surface area contributed by atoms with Gasteiger partial charge < -0.3 is 28.5 Å². The first-order chi connectivity index (χ1) is 42.4. The van der Waals surface area contributed by atoms with E-state index in [1.807, 2.05) is 33.3 Å². The third-order valence-electron chi connectivity index (χ3n) is 16.3. The first-order valence-electron chi connectivity index (χ1n) is 36.9. The Bertz CT molecular complexity index is 1760. The first kappa shape index (κ1) is 84.2. The molecule has 0 saturated carbocycles. The summed E-state index contributed by atoms with van der Waals surface area (Å²) in [7, 11) is 1.18. The van der Waals surface area contributed by atoms with E-state index < -0.39 is 26.6 Å². The molecule has 0 heterocycles. The molecular weight excluding hydrogens is 1100 g/mol. The lowest BCUT2D eigenvalue weighted by Crippen LogP contribution is -2.47. The SMILES string of the molecule is CCCCC/C=C\C/C=C\C/C=C\C/C=C\CCCCCCCCCC(=O)NC(COP(=O)([O-])OCC[N+](C)(C)C)C(/C=C/CCCCCCCCCCCCC)OC(=O)CCCCCCCCCCCCCCCCC/C=C\C/C=C\CCCCC. The number of allylic oxidation sites excluding steroid dienone is 13. The Morgan fingerprint density at radius 1 is 0.402 bits per heavy atom. The van der Waals surface area contributed by atoms with Gasteiger partial charge in [-0.2, -0.15) is 0 Å². The number of likely N-dealkylation sites (N-methyl/N-ethyl adjacent to an activating group) is 1. The average molecular weight is 1240 g/mol. The van der Waals surface area contributed by atoms with Crippen LogP contribution in [0.3, 0.4) is 0 Å². The van der Waals surface area contributed by atoms with E-state index in [2.05, 4.69) is 99.0 Å². The molecular formula is C77H141N2O7P. The molecule has 3 atom stereocenters. The number of nitrogens with zero attached hydrogens (tertiary/aromatic N) is 1. The van der Waals surface area contributed by atoms with Gasteiger partial charge >= 0.3 is 5.97 Å². The molecule has 9 nitrogen and oxygen atoms in total. The van der Waals surface area contributed by atoms with Crippen molar-refractivity contribution < 1.29 is 37.3 Å². The lowest BCUT2D eigenvalue weighted by molar-refractivity contribution is -0.870. The predicted octanol–water partition coefficient (Wildman–Crippen LogP) is 23.0. The highest BCUT2D eigenvalue weighted by atomic mass is 31.2. The Balaban J connectivity index is 5.09. The molecule has 0 radical (unpaired) electrons. The van der Waals surface area contributed by atoms with Crippen LogP contribution in [0.2, 0.25) is 0 Å². The monoisotopic (exact) mass is 1240 g/mol. The number of amides is 1. The van der Waals surface area contributed by atoms with Crippen molar-refractivity contribution in [2.45, 2.75) is 354 Å². The normalized spacial score (nSPS) is 14.0. The van der Waals surface area contributed by atoms with Crippen LogP contribution < -0.4 is 10.2 Å². The minimum Gasteiger partial charge on any atom is -0.756 e. The number of ether oxygens (including phenoxy) is 1. The highest BCUT2D eigenvalue weighted by molar-refractivity contribution is 7.45. The predicted molar refractivity (Wildman–Crippen MR) is 376 cm³/mol. The van der Waals surface area contributed by atoms with Gasteiger partial charge in [-0.1, -0.05) is 305 Å². The zero-order valence-electron chi connectivity index (χ0n) is 58.0. The highest BCUT2D eigenvalue weighted by Crippen LogP contribution is 2.38. The Hall–Kier alpha value is -2.81. The number of rotatable bonds is 67. The molecule has 3 unspecified atom stereocenters. The maximum atomic E-state index is 13.6. The van der Waals surface area contributed by atoms with Crippen molar-refractivity contribution in [1.29, 1.82) is 0 Å². The molecule has 1 amide bonds. The number of esters is 1. The van der Waals surface area contributed by atoms with Crippen LogP contribution in [0.25, 0.3) is 0 Å². The van der Waals surface area contributed by atoms with Gasteiger partial charge in [0.05, 0.1) is 33.8 Å². The standard InChI is InChI=1S/C77H141N2O7P/c1-7-10-13-16-19-22-25-28-30-32-34-36-38-39-41-43-45-47-49-52-55-58-61-64-67-70-77(81)86-75(68-65-62-59-56-53-50-27-24-21-18-15-12-9-3)74(73-85-87(82,83)84-72-71-79(4,5)6)78-76(80)69-66-63-60-57-54-51-48-46-44-42-40-37-35-33-31-29-26-23-20-17-14-11-8-2/h19-20,22-23,28-31,35,37,42,44,65,68,74-75H,7-18,21,24-27,32-34,36,38-41,43,45-64,66-67,69-73H2,1-6H3,(H-,78,80,82,83)/b22-19-,23-20-,30-28-,31-29-,37-35-,44-42-,68-65+. The molecule has 506 valence electrons. The summed E-state index contributed by atoms with van der Waals surface area (Å²) in [5.41, 5.74) is 0. The number of unbranched alkanes of at least 4 members (excludes halogenated alkanes) is 39. The fraction of sp³-hybridized carbons (Fsp3) is 0.792. The van der Waals surface area contributed by atoms with Crippen LogP contribution >= 0.6 is 7.82 Å². The molecule has 0 rings (SSSR count). The summed E-state index contributed by atoms with van der Waals surface area (Å²) in [6.45, 7) is 6.82. The van der Waals surface area contributed by atoms with E-state index in [0.29, 0.717) is 17.4 Å². The highest BCUT2D eigenvalue weighted by Gasteiger charge is 2.27. The van der Waals surface area contributed by atoms with Gasteiger partial charge in [-0.3, -0.25) is 14.2 Å². The molecule has 0 spiro atoms. The lowest BCUT2D eigenvalue weighted by atomic mass is 10.0. The molecule has 0 aliphatic rings. The van der Waals surface area contributed by atoms with E-state index >= 15 is 0 Å². The Morgan fingerprint density at radius 2 is 0.701 bits per heavy atom. The average Bonchev–Trinajstić information content (AvgIpc) is 3.69. The van der Waals surface area contributed by atoms with Crippen LogP contribution in [0.15, 0.2) is 85.1 Å². The summed E-state index contributed by atoms with van der Waals surface area (Å²) >= 11 is 0. The summed E-state index contributed by atoms with van der Waals surface area (Å²) in [5.74, 6) is -0.544. The van der Waals surface area contributed by atoms with E-state index in [-0.39, 0.29) is 24.9 Å². The van der Waals surface area contributed by atoms with E-state index in [1.54, 1.807) is 0 Å². The van der Waals surface area contributed by atoms with Crippen LogP contribution in [0.1, 0.15) is 342 Å². The van der Waals surface area contributed by atoms with Crippen LogP contribution in [-0.4, -0.2) is 69.4 Å². The number of nitrogens with one attached hydrogen (secondary N) is 1. The topological polar surface area (TPSA) is 114 Å². The Morgan fingerprint density at radius 3 is 1.07 bits per heavy atom. The largest absolute Gasteiger partial charge is 0.756 e. The number of hydrogen-bond donors (Lipinski definition) is 1. The van der Waals surface area contributed by atoms with Crippen molar-refractivity contribution in [3.63, 3.8) is 0 Å². The molecule has 87 heavy (non-hydrogen) atoms. The van der Waals surface area contributed by atoms with Crippen molar-refractivity contribution in [2.75, 3.05) is 40.9 Å². The van der Waals surface area contributed by atoms with Gasteiger partial charge in [-0.25, -0.2) is 0 Å². The second-order valence-corrected chi connectivity index (χ2v) is 27.5. The van der Waals surface area contributed by atoms with E-state index in [1.165, 1.54) is 212 Å². The minimum atomic E-state index is -4.71. The van der Waals surface area contributed by atoms with E-state index in [9.17, 15) is 19.0 Å². The first-order valence-corrected chi connectivity index (χ1v) is 38.4. The fourth-order valence-corrected chi connectivity index (χ4v) is 11.3. The molecule has 10 heteroatoms. The van der Waals surface area contributed by atoms with Gasteiger partial charge in [-0.05, 0) is 109 Å². The molecule has 0 aromatic heterocycles. The smallest absolute Gasteiger partial charge is 0.306 e. The molecule has 0 bridgehead atoms. The summed E-state index contributed by atoms with van der Waals surface area (Å²) in [6, 6.07) is -0.899. The van der Waals surface area contributed by atoms with Gasteiger partial charge in [0, 0.05) is 12.8 Å². The lowest BCUT2D eigenvalue weighted by Gasteiger charge is -2.30. The second-order valence-electron chi connectivity index (χ2n) is 26.1. The number of phosphoric ester groups is 1. The zero-order valence-corrected chi connectivity index (χ0v) is 58.9. The number of carbonyl (C=O) groups excluding carboxylic acids is 2. The molecule has 0 aliphatic carbocycles. The molecule has 1 N–H and O–H groups in total. The number of phosphoric acid groups is 1. The zero-order chi connectivity index (χ0) is 63.5. The molecule has 0 aliphatic heterocycles. The summed E-state index contributed by atoms with van der Waals surface area (Å²) in [5, 5.41) is 3.04. The van der Waals surface area contributed by atoms with Crippen molar-refractivity contribution in [1.82, 2.24) is 5.32 Å². The van der Waals surface area contributed by atoms with E-state index in [0.717, 1.165) is 96.3 Å². The second kappa shape index (κ2) is 66.1. The third kappa shape index (κ3) is 67.4. The molecule has 0 aromatic rings. The molecule has 0 fully saturated rings. The van der Waals surface area contributed by atoms with Gasteiger partial charge in [0.25, 0.3) is 7.82 Å². The van der Waals surface area contributed by atoms with Crippen LogP contribution in [0.4, 0.5) is 0 Å². The quantitative estimate of drug-likeness (QED) is 0.0212. The van der Waals surface area contributed by atoms with Gasteiger partial charge in [-0.15, -0.1) is 0 Å². The molecule has 0 saturated heterocycles. The maximum absolute atomic E-state index is 13.6. The summed E-state index contributed by atoms with van der Waals surface area (Å²) < 4.78 is 30.5. The van der Waals surface area contributed by atoms with Gasteiger partial charge in [0.1, 0.15) is 19.3 Å². The summed E-state index contributed by atoms with van der Waals surface area (Å²) in [4.78, 5) is 40.3.